The number of nitriles is 1. The molecule has 1 atom stereocenters. The molecule has 1 aliphatic carbocycles. The predicted molar refractivity (Wildman–Crippen MR) is 111 cm³/mol. The van der Waals surface area contributed by atoms with Crippen LogP contribution in [0.5, 0.6) is 5.75 Å². The van der Waals surface area contributed by atoms with Gasteiger partial charge in [-0.2, -0.15) is 15.3 Å². The molecule has 2 heterocycles. The molecule has 0 saturated heterocycles. The number of allylic oxidation sites excluding steroid dienone is 3. The highest BCUT2D eigenvalue weighted by Gasteiger charge is 2.45. The van der Waals surface area contributed by atoms with Crippen molar-refractivity contribution < 1.29 is 9.53 Å². The summed E-state index contributed by atoms with van der Waals surface area (Å²) in [5.74, 6) is 0.884. The highest BCUT2D eigenvalue weighted by Crippen LogP contribution is 2.49. The largest absolute Gasteiger partial charge is 0.494 e. The fraction of sp³-hybridized carbons (Fsp3) is 0.364. The number of aromatic nitrogens is 3. The van der Waals surface area contributed by atoms with E-state index in [1.54, 1.807) is 4.90 Å². The molecule has 0 amide bonds. The van der Waals surface area contributed by atoms with Gasteiger partial charge in [-0.3, -0.25) is 9.69 Å². The maximum atomic E-state index is 13.4. The molecule has 8 heteroatoms. The molecule has 1 aromatic heterocycles. The Hall–Kier alpha value is -3.60. The minimum atomic E-state index is -0.525. The fourth-order valence-corrected chi connectivity index (χ4v) is 4.31. The maximum absolute atomic E-state index is 13.4. The number of hydrogen-bond acceptors (Lipinski definition) is 7. The summed E-state index contributed by atoms with van der Waals surface area (Å²) in [6.07, 6.45) is 2.41. The van der Waals surface area contributed by atoms with E-state index in [0.29, 0.717) is 36.5 Å². The molecule has 30 heavy (non-hydrogen) atoms. The number of benzene rings is 1. The fourth-order valence-electron chi connectivity index (χ4n) is 4.31. The average molecular weight is 404 g/mol. The molecule has 8 nitrogen and oxygen atoms in total. The Bertz CT molecular complexity index is 1070. The number of aromatic amines is 1. The van der Waals surface area contributed by atoms with Crippen LogP contribution >= 0.6 is 0 Å². The topological polar surface area (TPSA) is 121 Å². The van der Waals surface area contributed by atoms with Crippen molar-refractivity contribution in [3.8, 4) is 11.8 Å². The Balaban J connectivity index is 1.92. The first-order valence-electron chi connectivity index (χ1n) is 9.90. The van der Waals surface area contributed by atoms with Crippen molar-refractivity contribution in [2.45, 2.75) is 39.5 Å². The highest BCUT2D eigenvalue weighted by atomic mass is 16.5. The number of anilines is 1. The third-order valence-electron chi connectivity index (χ3n) is 5.52. The first-order chi connectivity index (χ1) is 14.4. The molecule has 1 aromatic carbocycles. The van der Waals surface area contributed by atoms with Crippen molar-refractivity contribution in [1.29, 1.82) is 5.26 Å². The highest BCUT2D eigenvalue weighted by molar-refractivity contribution is 6.01. The first kappa shape index (κ1) is 19.7. The molecule has 3 N–H and O–H groups in total. The minimum Gasteiger partial charge on any atom is -0.494 e. The zero-order chi connectivity index (χ0) is 21.5. The van der Waals surface area contributed by atoms with Crippen molar-refractivity contribution in [2.75, 3.05) is 11.5 Å². The molecule has 2 aliphatic rings. The van der Waals surface area contributed by atoms with Gasteiger partial charge in [-0.25, -0.2) is 5.10 Å². The summed E-state index contributed by atoms with van der Waals surface area (Å²) >= 11 is 0. The number of nitrogens with zero attached hydrogens (tertiary/aromatic N) is 4. The Morgan fingerprint density at radius 2 is 2.07 bits per heavy atom. The minimum absolute atomic E-state index is 0.0184. The molecule has 0 spiro atoms. The summed E-state index contributed by atoms with van der Waals surface area (Å²) < 4.78 is 5.54. The number of ketones is 1. The predicted octanol–water partition coefficient (Wildman–Crippen LogP) is 3.14. The van der Waals surface area contributed by atoms with Crippen LogP contribution in [0.1, 0.15) is 45.1 Å². The standard InChI is InChI=1S/C22H24N6O2/c1-4-30-14-7-5-13(6-8-14)18-15(11-23)20(24)28(21-25-12-26-27-21)16-9-22(2,3)10-17(29)19(16)18/h5-8,12,18H,4,9-10,24H2,1-3H3,(H,25,26,27)/t18-/m0/s1. The molecule has 0 bridgehead atoms. The molecule has 0 fully saturated rings. The summed E-state index contributed by atoms with van der Waals surface area (Å²) in [5.41, 5.74) is 8.78. The van der Waals surface area contributed by atoms with Gasteiger partial charge in [0.2, 0.25) is 5.95 Å². The summed E-state index contributed by atoms with van der Waals surface area (Å²) in [6, 6.07) is 9.73. The third-order valence-corrected chi connectivity index (χ3v) is 5.52. The van der Waals surface area contributed by atoms with E-state index < -0.39 is 5.92 Å². The first-order valence-corrected chi connectivity index (χ1v) is 9.90. The molecular formula is C22H24N6O2. The lowest BCUT2D eigenvalue weighted by Gasteiger charge is -2.42. The van der Waals surface area contributed by atoms with Gasteiger partial charge in [-0.1, -0.05) is 26.0 Å². The second-order valence-corrected chi connectivity index (χ2v) is 8.29. The van der Waals surface area contributed by atoms with Gasteiger partial charge >= 0.3 is 0 Å². The average Bonchev–Trinajstić information content (AvgIpc) is 3.21. The Morgan fingerprint density at radius 1 is 1.33 bits per heavy atom. The Labute approximate surface area is 175 Å². The van der Waals surface area contributed by atoms with Crippen molar-refractivity contribution in [1.82, 2.24) is 15.2 Å². The van der Waals surface area contributed by atoms with E-state index in [2.05, 4.69) is 35.1 Å². The zero-order valence-electron chi connectivity index (χ0n) is 17.3. The Morgan fingerprint density at radius 3 is 2.67 bits per heavy atom. The number of nitrogens with one attached hydrogen (secondary N) is 1. The van der Waals surface area contributed by atoms with Gasteiger partial charge in [0.25, 0.3) is 0 Å². The van der Waals surface area contributed by atoms with Gasteiger partial charge in [-0.15, -0.1) is 0 Å². The quantitative estimate of drug-likeness (QED) is 0.803. The number of ether oxygens (including phenoxy) is 1. The van der Waals surface area contributed by atoms with Crippen LogP contribution in [0.3, 0.4) is 0 Å². The number of carbonyl (C=O) groups is 1. The number of carbonyl (C=O) groups excluding carboxylic acids is 1. The molecule has 4 rings (SSSR count). The van der Waals surface area contributed by atoms with Crippen LogP contribution in [0.2, 0.25) is 0 Å². The second-order valence-electron chi connectivity index (χ2n) is 8.29. The lowest BCUT2D eigenvalue weighted by atomic mass is 9.68. The summed E-state index contributed by atoms with van der Waals surface area (Å²) in [6.45, 7) is 6.59. The van der Waals surface area contributed by atoms with Crippen molar-refractivity contribution in [2.24, 2.45) is 11.1 Å². The van der Waals surface area contributed by atoms with E-state index in [1.807, 2.05) is 31.2 Å². The summed E-state index contributed by atoms with van der Waals surface area (Å²) in [7, 11) is 0. The van der Waals surface area contributed by atoms with E-state index in [9.17, 15) is 10.1 Å². The third kappa shape index (κ3) is 3.22. The van der Waals surface area contributed by atoms with Gasteiger partial charge < -0.3 is 10.5 Å². The number of rotatable bonds is 4. The van der Waals surface area contributed by atoms with Crippen LogP contribution in [-0.2, 0) is 4.79 Å². The van der Waals surface area contributed by atoms with E-state index in [-0.39, 0.29) is 17.0 Å². The smallest absolute Gasteiger partial charge is 0.231 e. The van der Waals surface area contributed by atoms with Crippen LogP contribution in [0.25, 0.3) is 0 Å². The monoisotopic (exact) mass is 404 g/mol. The van der Waals surface area contributed by atoms with Crippen LogP contribution < -0.4 is 15.4 Å². The normalized spacial score (nSPS) is 20.8. The molecular weight excluding hydrogens is 380 g/mol. The van der Waals surface area contributed by atoms with Crippen LogP contribution in [-0.4, -0.2) is 27.6 Å². The van der Waals surface area contributed by atoms with Gasteiger partial charge in [0.05, 0.1) is 24.2 Å². The summed E-state index contributed by atoms with van der Waals surface area (Å²) in [5, 5.41) is 16.7. The zero-order valence-corrected chi connectivity index (χ0v) is 17.3. The van der Waals surface area contributed by atoms with Crippen molar-refractivity contribution in [3.05, 3.63) is 58.8 Å². The van der Waals surface area contributed by atoms with Gasteiger partial charge in [0.1, 0.15) is 17.9 Å². The lowest BCUT2D eigenvalue weighted by molar-refractivity contribution is -0.118. The van der Waals surface area contributed by atoms with Crippen molar-refractivity contribution in [3.63, 3.8) is 0 Å². The van der Waals surface area contributed by atoms with E-state index >= 15 is 0 Å². The molecule has 0 unspecified atom stereocenters. The van der Waals surface area contributed by atoms with Gasteiger partial charge in [0.15, 0.2) is 5.78 Å². The van der Waals surface area contributed by atoms with Gasteiger partial charge in [0, 0.05) is 17.7 Å². The van der Waals surface area contributed by atoms with Crippen LogP contribution in [0, 0.1) is 16.7 Å². The lowest BCUT2D eigenvalue weighted by Crippen LogP contribution is -2.42. The van der Waals surface area contributed by atoms with Crippen LogP contribution in [0.4, 0.5) is 5.95 Å². The number of H-pyrrole nitrogens is 1. The van der Waals surface area contributed by atoms with E-state index in [1.165, 1.54) is 6.33 Å². The Kier molecular flexibility index (Phi) is 4.82. The second kappa shape index (κ2) is 7.34. The summed E-state index contributed by atoms with van der Waals surface area (Å²) in [4.78, 5) is 19.3. The molecule has 2 aromatic rings. The molecule has 0 saturated carbocycles. The molecule has 0 radical (unpaired) electrons. The van der Waals surface area contributed by atoms with E-state index in [0.717, 1.165) is 17.0 Å². The van der Waals surface area contributed by atoms with Crippen molar-refractivity contribution >= 4 is 11.7 Å². The maximum Gasteiger partial charge on any atom is 0.231 e. The van der Waals surface area contributed by atoms with Gasteiger partial charge in [-0.05, 0) is 36.5 Å². The number of nitrogens with two attached hydrogens (primary N) is 1. The molecule has 1 aliphatic heterocycles. The number of Topliss-reactive ketones (excluding diaryl/α,β-unsaturated/α-hetero) is 1. The van der Waals surface area contributed by atoms with Crippen LogP contribution in [0.15, 0.2) is 53.3 Å². The number of hydrogen-bond donors (Lipinski definition) is 2. The van der Waals surface area contributed by atoms with E-state index in [4.69, 9.17) is 10.5 Å². The molecule has 154 valence electrons. The SMILES string of the molecule is CCOc1ccc([C@H]2C(C#N)=C(N)N(c3ncn[nH]3)C3=C2C(=O)CC(C)(C)C3)cc1.